The number of nitrogens with zero attached hydrogens (tertiary/aromatic N) is 6. The van der Waals surface area contributed by atoms with Crippen LogP contribution in [-0.2, 0) is 7.05 Å². The molecule has 0 fully saturated rings. The van der Waals surface area contributed by atoms with Crippen LogP contribution in [0.2, 0.25) is 0 Å². The quantitative estimate of drug-likeness (QED) is 0.379. The van der Waals surface area contributed by atoms with Gasteiger partial charge in [0.25, 0.3) is 11.6 Å². The lowest BCUT2D eigenvalue weighted by atomic mass is 10.2. The molecule has 0 spiro atoms. The first-order valence-corrected chi connectivity index (χ1v) is 9.91. The van der Waals surface area contributed by atoms with E-state index in [1.807, 2.05) is 19.1 Å². The Morgan fingerprint density at radius 3 is 2.83 bits per heavy atom. The number of nitro groups is 1. The SMILES string of the molecule is Cc1nc2ccc(NC(=O)c3cc([N+](=O)[O-])ccc3Sc3nnnn3C)cc2s1. The van der Waals surface area contributed by atoms with E-state index in [-0.39, 0.29) is 11.3 Å². The van der Waals surface area contributed by atoms with Crippen molar-refractivity contribution in [3.05, 3.63) is 57.1 Å². The van der Waals surface area contributed by atoms with Crippen LogP contribution in [0, 0.1) is 17.0 Å². The van der Waals surface area contributed by atoms with Gasteiger partial charge in [-0.05, 0) is 53.4 Å². The highest BCUT2D eigenvalue weighted by atomic mass is 32.2. The zero-order chi connectivity index (χ0) is 20.5. The minimum Gasteiger partial charge on any atom is -0.322 e. The lowest BCUT2D eigenvalue weighted by Gasteiger charge is -2.09. The van der Waals surface area contributed by atoms with Crippen LogP contribution >= 0.6 is 23.1 Å². The van der Waals surface area contributed by atoms with Crippen molar-refractivity contribution in [2.75, 3.05) is 5.32 Å². The van der Waals surface area contributed by atoms with Crippen LogP contribution in [0.5, 0.6) is 0 Å². The summed E-state index contributed by atoms with van der Waals surface area (Å²) in [5, 5.41) is 26.6. The first-order chi connectivity index (χ1) is 13.9. The molecule has 4 rings (SSSR count). The van der Waals surface area contributed by atoms with Gasteiger partial charge in [-0.25, -0.2) is 9.67 Å². The molecule has 0 aliphatic carbocycles. The van der Waals surface area contributed by atoms with E-state index < -0.39 is 10.8 Å². The van der Waals surface area contributed by atoms with Crippen LogP contribution < -0.4 is 5.32 Å². The summed E-state index contributed by atoms with van der Waals surface area (Å²) in [7, 11) is 1.67. The summed E-state index contributed by atoms with van der Waals surface area (Å²) < 4.78 is 2.40. The molecule has 0 unspecified atom stereocenters. The lowest BCUT2D eigenvalue weighted by Crippen LogP contribution is -2.13. The van der Waals surface area contributed by atoms with Crippen molar-refractivity contribution < 1.29 is 9.72 Å². The number of non-ortho nitro benzene ring substituents is 1. The Labute approximate surface area is 172 Å². The number of fused-ring (bicyclic) bond motifs is 1. The van der Waals surface area contributed by atoms with Crippen molar-refractivity contribution in [2.45, 2.75) is 17.0 Å². The maximum Gasteiger partial charge on any atom is 0.270 e. The van der Waals surface area contributed by atoms with Crippen molar-refractivity contribution in [3.63, 3.8) is 0 Å². The van der Waals surface area contributed by atoms with Gasteiger partial charge in [-0.1, -0.05) is 0 Å². The summed E-state index contributed by atoms with van der Waals surface area (Å²) in [6.45, 7) is 1.91. The molecular weight excluding hydrogens is 414 g/mol. The molecular formula is C17H13N7O3S2. The fourth-order valence-electron chi connectivity index (χ4n) is 2.62. The molecule has 0 bridgehead atoms. The van der Waals surface area contributed by atoms with Crippen molar-refractivity contribution in [3.8, 4) is 0 Å². The molecule has 0 radical (unpaired) electrons. The van der Waals surface area contributed by atoms with Gasteiger partial charge in [0.05, 0.1) is 25.7 Å². The van der Waals surface area contributed by atoms with Crippen LogP contribution in [0.15, 0.2) is 46.5 Å². The second-order valence-electron chi connectivity index (χ2n) is 5.99. The Morgan fingerprint density at radius 1 is 1.28 bits per heavy atom. The summed E-state index contributed by atoms with van der Waals surface area (Å²) in [5.41, 5.74) is 1.41. The summed E-state index contributed by atoms with van der Waals surface area (Å²) >= 11 is 2.67. The molecule has 0 atom stereocenters. The molecule has 0 aliphatic heterocycles. The Kier molecular flexibility index (Phi) is 4.94. The van der Waals surface area contributed by atoms with Crippen molar-refractivity contribution >= 4 is 50.6 Å². The molecule has 2 heterocycles. The highest BCUT2D eigenvalue weighted by molar-refractivity contribution is 7.99. The van der Waals surface area contributed by atoms with E-state index in [1.54, 1.807) is 13.1 Å². The van der Waals surface area contributed by atoms with Gasteiger partial charge >= 0.3 is 0 Å². The summed E-state index contributed by atoms with van der Waals surface area (Å²) in [5.74, 6) is -0.466. The van der Waals surface area contributed by atoms with Crippen molar-refractivity contribution in [2.24, 2.45) is 7.05 Å². The number of nitrogens with one attached hydrogen (secondary N) is 1. The molecule has 2 aromatic heterocycles. The highest BCUT2D eigenvalue weighted by Crippen LogP contribution is 2.32. The van der Waals surface area contributed by atoms with Gasteiger partial charge in [0.2, 0.25) is 5.16 Å². The van der Waals surface area contributed by atoms with Crippen molar-refractivity contribution in [1.82, 2.24) is 25.2 Å². The molecule has 1 N–H and O–H groups in total. The molecule has 12 heteroatoms. The number of aromatic nitrogens is 5. The fraction of sp³-hybridized carbons (Fsp3) is 0.118. The van der Waals surface area contributed by atoms with E-state index in [9.17, 15) is 14.9 Å². The minimum atomic E-state index is -0.540. The van der Waals surface area contributed by atoms with Gasteiger partial charge in [-0.2, -0.15) is 0 Å². The number of aryl methyl sites for hydroxylation is 2. The predicted octanol–water partition coefficient (Wildman–Crippen LogP) is 3.44. The second-order valence-corrected chi connectivity index (χ2v) is 8.24. The number of amides is 1. The Morgan fingerprint density at radius 2 is 2.10 bits per heavy atom. The molecule has 4 aromatic rings. The number of tetrazole rings is 1. The normalized spacial score (nSPS) is 11.0. The Hall–Kier alpha value is -3.38. The van der Waals surface area contributed by atoms with E-state index in [4.69, 9.17) is 0 Å². The molecule has 0 saturated carbocycles. The average molecular weight is 427 g/mol. The van der Waals surface area contributed by atoms with Gasteiger partial charge in [-0.3, -0.25) is 14.9 Å². The molecule has 10 nitrogen and oxygen atoms in total. The first-order valence-electron chi connectivity index (χ1n) is 8.28. The Balaban J connectivity index is 1.68. The van der Waals surface area contributed by atoms with Crippen molar-refractivity contribution in [1.29, 1.82) is 0 Å². The topological polar surface area (TPSA) is 129 Å². The monoisotopic (exact) mass is 427 g/mol. The molecule has 146 valence electrons. The number of carbonyl (C=O) groups is 1. The van der Waals surface area contributed by atoms with Gasteiger partial charge < -0.3 is 5.32 Å². The number of benzene rings is 2. The smallest absolute Gasteiger partial charge is 0.270 e. The number of nitro benzene ring substituents is 1. The standard InChI is InChI=1S/C17H13N7O3S2/c1-9-18-13-5-3-10(7-15(13)28-9)19-16(25)12-8-11(24(26)27)4-6-14(12)29-17-20-21-22-23(17)2/h3-8H,1-2H3,(H,19,25). The number of anilines is 1. The molecule has 2 aromatic carbocycles. The predicted molar refractivity (Wildman–Crippen MR) is 108 cm³/mol. The summed E-state index contributed by atoms with van der Waals surface area (Å²) in [6.07, 6.45) is 0. The van der Waals surface area contributed by atoms with Gasteiger partial charge in [0, 0.05) is 29.8 Å². The lowest BCUT2D eigenvalue weighted by molar-refractivity contribution is -0.384. The zero-order valence-corrected chi connectivity index (χ0v) is 16.8. The largest absolute Gasteiger partial charge is 0.322 e. The summed E-state index contributed by atoms with van der Waals surface area (Å²) in [6, 6.07) is 9.50. The van der Waals surface area contributed by atoms with Gasteiger partial charge in [0.1, 0.15) is 0 Å². The van der Waals surface area contributed by atoms with Crippen LogP contribution in [0.3, 0.4) is 0 Å². The number of thiazole rings is 1. The highest BCUT2D eigenvalue weighted by Gasteiger charge is 2.19. The molecule has 29 heavy (non-hydrogen) atoms. The Bertz CT molecular complexity index is 1250. The average Bonchev–Trinajstić information content (AvgIpc) is 3.25. The van der Waals surface area contributed by atoms with E-state index in [0.29, 0.717) is 15.7 Å². The zero-order valence-electron chi connectivity index (χ0n) is 15.2. The van der Waals surface area contributed by atoms with E-state index in [2.05, 4.69) is 25.8 Å². The second kappa shape index (κ2) is 7.56. The number of hydrogen-bond acceptors (Lipinski definition) is 9. The van der Waals surface area contributed by atoms with E-state index in [1.165, 1.54) is 34.2 Å². The maximum absolute atomic E-state index is 12.9. The maximum atomic E-state index is 12.9. The molecule has 1 amide bonds. The third-order valence-corrected chi connectivity index (χ3v) is 5.99. The third-order valence-electron chi connectivity index (χ3n) is 3.95. The van der Waals surface area contributed by atoms with Gasteiger partial charge in [0.15, 0.2) is 0 Å². The first kappa shape index (κ1) is 19.0. The van der Waals surface area contributed by atoms with Crippen LogP contribution in [0.4, 0.5) is 11.4 Å². The molecule has 0 saturated heterocycles. The summed E-state index contributed by atoms with van der Waals surface area (Å²) in [4.78, 5) is 28.5. The van der Waals surface area contributed by atoms with Crippen LogP contribution in [0.1, 0.15) is 15.4 Å². The number of hydrogen-bond donors (Lipinski definition) is 1. The fourth-order valence-corrected chi connectivity index (χ4v) is 4.33. The van der Waals surface area contributed by atoms with Crippen LogP contribution in [-0.4, -0.2) is 36.0 Å². The number of rotatable bonds is 5. The van der Waals surface area contributed by atoms with Gasteiger partial charge in [-0.15, -0.1) is 16.4 Å². The van der Waals surface area contributed by atoms with E-state index >= 15 is 0 Å². The van der Waals surface area contributed by atoms with Crippen LogP contribution in [0.25, 0.3) is 10.2 Å². The minimum absolute atomic E-state index is 0.160. The number of carbonyl (C=O) groups excluding carboxylic acids is 1. The third kappa shape index (κ3) is 3.93. The van der Waals surface area contributed by atoms with E-state index in [0.717, 1.165) is 27.0 Å². The molecule has 0 aliphatic rings.